The minimum atomic E-state index is -0.00284. The van der Waals surface area contributed by atoms with Crippen molar-refractivity contribution >= 4 is 17.4 Å². The second-order valence-corrected chi connectivity index (χ2v) is 4.27. The van der Waals surface area contributed by atoms with Crippen molar-refractivity contribution in [1.29, 1.82) is 0 Å². The van der Waals surface area contributed by atoms with Crippen molar-refractivity contribution in [3.8, 4) is 0 Å². The fourth-order valence-electron chi connectivity index (χ4n) is 1.71. The molecule has 1 aromatic carbocycles. The maximum atomic E-state index is 11.9. The summed E-state index contributed by atoms with van der Waals surface area (Å²) < 4.78 is 5.48. The molecule has 2 rings (SSSR count). The van der Waals surface area contributed by atoms with Crippen LogP contribution in [-0.4, -0.2) is 31.6 Å². The standard InChI is InChI=1S/C12H14ClNO2/c13-10-3-1-9(2-4-10)12(15)7-11-8-14-5-6-16-11/h1-4,11,14H,5-8H2. The molecule has 0 bridgehead atoms. The predicted molar refractivity (Wildman–Crippen MR) is 63.0 cm³/mol. The molecule has 0 radical (unpaired) electrons. The number of Topliss-reactive ketones (excluding diaryl/α,β-unsaturated/α-hetero) is 1. The molecule has 1 fully saturated rings. The van der Waals surface area contributed by atoms with Gasteiger partial charge in [-0.1, -0.05) is 11.6 Å². The van der Waals surface area contributed by atoms with E-state index in [1.807, 2.05) is 0 Å². The number of hydrogen-bond donors (Lipinski definition) is 1. The maximum Gasteiger partial charge on any atom is 0.165 e. The first kappa shape index (κ1) is 11.6. The first-order valence-electron chi connectivity index (χ1n) is 5.37. The lowest BCUT2D eigenvalue weighted by Crippen LogP contribution is -2.39. The van der Waals surface area contributed by atoms with Gasteiger partial charge in [-0.05, 0) is 24.3 Å². The third kappa shape index (κ3) is 3.04. The molecular weight excluding hydrogens is 226 g/mol. The topological polar surface area (TPSA) is 38.3 Å². The molecule has 1 atom stereocenters. The Balaban J connectivity index is 1.94. The molecule has 3 nitrogen and oxygen atoms in total. The highest BCUT2D eigenvalue weighted by atomic mass is 35.5. The van der Waals surface area contributed by atoms with E-state index in [0.29, 0.717) is 23.6 Å². The molecule has 1 heterocycles. The fraction of sp³-hybridized carbons (Fsp3) is 0.417. The first-order valence-corrected chi connectivity index (χ1v) is 5.74. The Kier molecular flexibility index (Phi) is 3.93. The number of ketones is 1. The highest BCUT2D eigenvalue weighted by Gasteiger charge is 2.18. The Bertz CT molecular complexity index is 358. The van der Waals surface area contributed by atoms with Crippen LogP contribution in [-0.2, 0) is 4.74 Å². The summed E-state index contributed by atoms with van der Waals surface area (Å²) in [5.41, 5.74) is 0.693. The average Bonchev–Trinajstić information content (AvgIpc) is 2.31. The number of benzene rings is 1. The highest BCUT2D eigenvalue weighted by Crippen LogP contribution is 2.13. The van der Waals surface area contributed by atoms with Gasteiger partial charge in [0.25, 0.3) is 0 Å². The van der Waals surface area contributed by atoms with E-state index < -0.39 is 0 Å². The second kappa shape index (κ2) is 5.43. The number of hydrogen-bond acceptors (Lipinski definition) is 3. The first-order chi connectivity index (χ1) is 7.75. The van der Waals surface area contributed by atoms with Crippen molar-refractivity contribution in [2.24, 2.45) is 0 Å². The number of morpholine rings is 1. The third-order valence-electron chi connectivity index (χ3n) is 2.58. The summed E-state index contributed by atoms with van der Waals surface area (Å²) in [7, 11) is 0. The van der Waals surface area contributed by atoms with E-state index in [1.165, 1.54) is 0 Å². The van der Waals surface area contributed by atoms with Gasteiger partial charge in [0.15, 0.2) is 5.78 Å². The number of nitrogens with one attached hydrogen (secondary N) is 1. The number of carbonyl (C=O) groups is 1. The van der Waals surface area contributed by atoms with Gasteiger partial charge in [-0.3, -0.25) is 4.79 Å². The van der Waals surface area contributed by atoms with Gasteiger partial charge in [0.2, 0.25) is 0 Å². The summed E-state index contributed by atoms with van der Waals surface area (Å²) in [5.74, 6) is 0.102. The van der Waals surface area contributed by atoms with Crippen LogP contribution in [0.25, 0.3) is 0 Å². The van der Waals surface area contributed by atoms with Crippen LogP contribution in [0.2, 0.25) is 5.02 Å². The molecule has 1 N–H and O–H groups in total. The zero-order chi connectivity index (χ0) is 11.4. The molecule has 0 amide bonds. The number of ether oxygens (including phenoxy) is 1. The number of halogens is 1. The highest BCUT2D eigenvalue weighted by molar-refractivity contribution is 6.30. The number of carbonyl (C=O) groups excluding carboxylic acids is 1. The van der Waals surface area contributed by atoms with Crippen LogP contribution in [0, 0.1) is 0 Å². The minimum absolute atomic E-state index is 0.00284. The summed E-state index contributed by atoms with van der Waals surface area (Å²) >= 11 is 5.76. The largest absolute Gasteiger partial charge is 0.375 e. The van der Waals surface area contributed by atoms with Gasteiger partial charge < -0.3 is 10.1 Å². The molecule has 0 aliphatic carbocycles. The van der Waals surface area contributed by atoms with E-state index in [-0.39, 0.29) is 11.9 Å². The summed E-state index contributed by atoms with van der Waals surface area (Å²) in [6.45, 7) is 2.30. The van der Waals surface area contributed by atoms with Gasteiger partial charge in [0, 0.05) is 30.1 Å². The smallest absolute Gasteiger partial charge is 0.165 e. The quantitative estimate of drug-likeness (QED) is 0.819. The van der Waals surface area contributed by atoms with E-state index >= 15 is 0 Å². The van der Waals surface area contributed by atoms with E-state index in [2.05, 4.69) is 5.32 Å². The van der Waals surface area contributed by atoms with Crippen molar-refractivity contribution in [3.05, 3.63) is 34.9 Å². The Hall–Kier alpha value is -0.900. The predicted octanol–water partition coefficient (Wildman–Crippen LogP) is 1.90. The Morgan fingerprint density at radius 3 is 2.81 bits per heavy atom. The lowest BCUT2D eigenvalue weighted by Gasteiger charge is -2.22. The molecule has 1 aromatic rings. The van der Waals surface area contributed by atoms with Gasteiger partial charge in [-0.15, -0.1) is 0 Å². The Morgan fingerprint density at radius 1 is 1.44 bits per heavy atom. The fourth-order valence-corrected chi connectivity index (χ4v) is 1.84. The molecule has 0 saturated carbocycles. The lowest BCUT2D eigenvalue weighted by molar-refractivity contribution is 0.0240. The minimum Gasteiger partial charge on any atom is -0.375 e. The Morgan fingerprint density at radius 2 is 2.19 bits per heavy atom. The summed E-state index contributed by atoms with van der Waals surface area (Å²) in [6, 6.07) is 6.96. The zero-order valence-electron chi connectivity index (χ0n) is 8.91. The molecule has 0 spiro atoms. The van der Waals surface area contributed by atoms with Crippen LogP contribution < -0.4 is 5.32 Å². The molecule has 1 saturated heterocycles. The van der Waals surface area contributed by atoms with Crippen LogP contribution in [0.5, 0.6) is 0 Å². The van der Waals surface area contributed by atoms with Gasteiger partial charge in [-0.2, -0.15) is 0 Å². The van der Waals surface area contributed by atoms with Crippen molar-refractivity contribution < 1.29 is 9.53 Å². The summed E-state index contributed by atoms with van der Waals surface area (Å²) in [4.78, 5) is 11.9. The van der Waals surface area contributed by atoms with Gasteiger partial charge >= 0.3 is 0 Å². The van der Waals surface area contributed by atoms with E-state index in [4.69, 9.17) is 16.3 Å². The average molecular weight is 240 g/mol. The lowest BCUT2D eigenvalue weighted by atomic mass is 10.0. The Labute approximate surface area is 99.7 Å². The van der Waals surface area contributed by atoms with Crippen LogP contribution in [0.4, 0.5) is 0 Å². The van der Waals surface area contributed by atoms with E-state index in [1.54, 1.807) is 24.3 Å². The van der Waals surface area contributed by atoms with Crippen LogP contribution in [0.1, 0.15) is 16.8 Å². The maximum absolute atomic E-state index is 11.9. The van der Waals surface area contributed by atoms with Crippen LogP contribution in [0.3, 0.4) is 0 Å². The molecule has 1 aliphatic rings. The molecule has 1 aliphatic heterocycles. The van der Waals surface area contributed by atoms with Crippen molar-refractivity contribution in [1.82, 2.24) is 5.32 Å². The summed E-state index contributed by atoms with van der Waals surface area (Å²) in [6.07, 6.45) is 0.422. The molecule has 4 heteroatoms. The van der Waals surface area contributed by atoms with Gasteiger partial charge in [0.05, 0.1) is 12.7 Å². The van der Waals surface area contributed by atoms with Crippen molar-refractivity contribution in [3.63, 3.8) is 0 Å². The van der Waals surface area contributed by atoms with Crippen molar-refractivity contribution in [2.75, 3.05) is 19.7 Å². The monoisotopic (exact) mass is 239 g/mol. The third-order valence-corrected chi connectivity index (χ3v) is 2.84. The van der Waals surface area contributed by atoms with Crippen molar-refractivity contribution in [2.45, 2.75) is 12.5 Å². The normalized spacial score (nSPS) is 20.7. The molecule has 1 unspecified atom stereocenters. The molecule has 0 aromatic heterocycles. The molecule has 86 valence electrons. The van der Waals surface area contributed by atoms with E-state index in [0.717, 1.165) is 13.1 Å². The second-order valence-electron chi connectivity index (χ2n) is 3.83. The number of rotatable bonds is 3. The summed E-state index contributed by atoms with van der Waals surface area (Å²) in [5, 5.41) is 3.85. The zero-order valence-corrected chi connectivity index (χ0v) is 9.67. The molecular formula is C12H14ClNO2. The SMILES string of the molecule is O=C(CC1CNCCO1)c1ccc(Cl)cc1. The van der Waals surface area contributed by atoms with Crippen LogP contribution in [0.15, 0.2) is 24.3 Å². The van der Waals surface area contributed by atoms with E-state index in [9.17, 15) is 4.79 Å². The van der Waals surface area contributed by atoms with Gasteiger partial charge in [-0.25, -0.2) is 0 Å². The van der Waals surface area contributed by atoms with Gasteiger partial charge in [0.1, 0.15) is 0 Å². The molecule has 16 heavy (non-hydrogen) atoms. The van der Waals surface area contributed by atoms with Crippen LogP contribution >= 0.6 is 11.6 Å².